The number of carbonyl (C=O) groups excluding carboxylic acids is 1. The van der Waals surface area contributed by atoms with Crippen molar-refractivity contribution in [1.82, 2.24) is 25.6 Å². The fourth-order valence-corrected chi connectivity index (χ4v) is 3.32. The van der Waals surface area contributed by atoms with Crippen molar-refractivity contribution in [2.24, 2.45) is 11.8 Å². The predicted octanol–water partition coefficient (Wildman–Crippen LogP) is 1.37. The Kier molecular flexibility index (Phi) is 4.53. The minimum Gasteiger partial charge on any atom is -0.351 e. The van der Waals surface area contributed by atoms with Crippen molar-refractivity contribution in [3.05, 3.63) is 11.9 Å². The second-order valence-corrected chi connectivity index (χ2v) is 6.58. The van der Waals surface area contributed by atoms with Gasteiger partial charge < -0.3 is 10.6 Å². The molecule has 2 heterocycles. The van der Waals surface area contributed by atoms with Gasteiger partial charge in [0, 0.05) is 19.6 Å². The zero-order valence-electron chi connectivity index (χ0n) is 12.7. The highest BCUT2D eigenvalue weighted by molar-refractivity contribution is 5.91. The van der Waals surface area contributed by atoms with Crippen molar-refractivity contribution < 1.29 is 4.79 Å². The van der Waals surface area contributed by atoms with Gasteiger partial charge in [-0.05, 0) is 24.7 Å². The molecule has 116 valence electrons. The van der Waals surface area contributed by atoms with Crippen LogP contribution in [0.25, 0.3) is 0 Å². The van der Waals surface area contributed by atoms with Gasteiger partial charge in [0.2, 0.25) is 0 Å². The fraction of sp³-hybridized carbons (Fsp3) is 0.800. The van der Waals surface area contributed by atoms with Crippen LogP contribution < -0.4 is 10.6 Å². The molecule has 2 aliphatic rings. The van der Waals surface area contributed by atoms with E-state index in [0.717, 1.165) is 37.9 Å². The largest absolute Gasteiger partial charge is 0.351 e. The van der Waals surface area contributed by atoms with Crippen molar-refractivity contribution in [3.63, 3.8) is 0 Å². The molecule has 1 amide bonds. The van der Waals surface area contributed by atoms with Crippen LogP contribution in [0, 0.1) is 11.8 Å². The maximum absolute atomic E-state index is 12.1. The Balaban J connectivity index is 1.42. The molecule has 0 bridgehead atoms. The Morgan fingerprint density at radius 1 is 1.48 bits per heavy atom. The summed E-state index contributed by atoms with van der Waals surface area (Å²) in [6, 6.07) is 0.350. The number of amides is 1. The van der Waals surface area contributed by atoms with Gasteiger partial charge in [0.1, 0.15) is 0 Å². The standard InChI is InChI=1S/C15H25N5O/c1-11-3-2-4-12(7-11)5-6-17-15(21)14-10-20(19-18-14)13-8-16-9-13/h10-13,16H,2-9H2,1H3,(H,17,21). The van der Waals surface area contributed by atoms with Crippen LogP contribution >= 0.6 is 0 Å². The quantitative estimate of drug-likeness (QED) is 0.859. The molecule has 2 atom stereocenters. The van der Waals surface area contributed by atoms with Crippen molar-refractivity contribution in [1.29, 1.82) is 0 Å². The normalized spacial score (nSPS) is 26.3. The smallest absolute Gasteiger partial charge is 0.273 e. The molecule has 3 rings (SSSR count). The molecular formula is C15H25N5O. The molecule has 1 aliphatic carbocycles. The lowest BCUT2D eigenvalue weighted by molar-refractivity contribution is 0.0944. The van der Waals surface area contributed by atoms with Gasteiger partial charge in [0.15, 0.2) is 5.69 Å². The van der Waals surface area contributed by atoms with Crippen molar-refractivity contribution >= 4 is 5.91 Å². The monoisotopic (exact) mass is 291 g/mol. The van der Waals surface area contributed by atoms with Crippen LogP contribution in [0.4, 0.5) is 0 Å². The molecule has 1 aromatic rings. The first-order chi connectivity index (χ1) is 10.2. The average Bonchev–Trinajstić information content (AvgIpc) is 2.86. The van der Waals surface area contributed by atoms with Gasteiger partial charge >= 0.3 is 0 Å². The topological polar surface area (TPSA) is 71.8 Å². The van der Waals surface area contributed by atoms with E-state index >= 15 is 0 Å². The first-order valence-electron chi connectivity index (χ1n) is 8.13. The van der Waals surface area contributed by atoms with E-state index in [0.29, 0.717) is 11.7 Å². The minimum atomic E-state index is -0.0996. The molecule has 0 radical (unpaired) electrons. The molecule has 1 aromatic heterocycles. The van der Waals surface area contributed by atoms with Gasteiger partial charge in [-0.3, -0.25) is 4.79 Å². The van der Waals surface area contributed by atoms with E-state index in [1.165, 1.54) is 25.7 Å². The average molecular weight is 291 g/mol. The summed E-state index contributed by atoms with van der Waals surface area (Å²) in [5, 5.41) is 14.2. The Morgan fingerprint density at radius 2 is 2.33 bits per heavy atom. The second-order valence-electron chi connectivity index (χ2n) is 6.58. The first-order valence-corrected chi connectivity index (χ1v) is 8.13. The van der Waals surface area contributed by atoms with Crippen molar-refractivity contribution in [2.75, 3.05) is 19.6 Å². The Hall–Kier alpha value is -1.43. The van der Waals surface area contributed by atoms with Gasteiger partial charge in [-0.1, -0.05) is 31.4 Å². The Morgan fingerprint density at radius 3 is 3.05 bits per heavy atom. The van der Waals surface area contributed by atoms with Crippen LogP contribution in [-0.4, -0.2) is 40.5 Å². The summed E-state index contributed by atoms with van der Waals surface area (Å²) < 4.78 is 1.79. The molecule has 6 heteroatoms. The number of nitrogens with one attached hydrogen (secondary N) is 2. The molecule has 0 aromatic carbocycles. The van der Waals surface area contributed by atoms with Crippen LogP contribution in [0.15, 0.2) is 6.20 Å². The summed E-state index contributed by atoms with van der Waals surface area (Å²) in [4.78, 5) is 12.1. The summed E-state index contributed by atoms with van der Waals surface area (Å²) in [7, 11) is 0. The summed E-state index contributed by atoms with van der Waals surface area (Å²) in [5.41, 5.74) is 0.430. The van der Waals surface area contributed by atoms with Crippen LogP contribution in [0.2, 0.25) is 0 Å². The van der Waals surface area contributed by atoms with Crippen molar-refractivity contribution in [3.8, 4) is 0 Å². The summed E-state index contributed by atoms with van der Waals surface area (Å²) in [6.45, 7) is 4.89. The van der Waals surface area contributed by atoms with Crippen LogP contribution in [0.1, 0.15) is 55.6 Å². The SMILES string of the molecule is CC1CCCC(CCNC(=O)c2cn(C3CNC3)nn2)C1. The maximum Gasteiger partial charge on any atom is 0.273 e. The zero-order valence-corrected chi connectivity index (χ0v) is 12.7. The third kappa shape index (κ3) is 3.61. The minimum absolute atomic E-state index is 0.0996. The van der Waals surface area contributed by atoms with Crippen LogP contribution in [0.3, 0.4) is 0 Å². The van der Waals surface area contributed by atoms with Gasteiger partial charge in [0.25, 0.3) is 5.91 Å². The van der Waals surface area contributed by atoms with E-state index in [-0.39, 0.29) is 5.91 Å². The van der Waals surface area contributed by atoms with E-state index < -0.39 is 0 Å². The first kappa shape index (κ1) is 14.5. The highest BCUT2D eigenvalue weighted by atomic mass is 16.2. The molecule has 2 fully saturated rings. The lowest BCUT2D eigenvalue weighted by Gasteiger charge is -2.26. The van der Waals surface area contributed by atoms with Gasteiger partial charge in [-0.15, -0.1) is 5.10 Å². The predicted molar refractivity (Wildman–Crippen MR) is 80.0 cm³/mol. The zero-order chi connectivity index (χ0) is 14.7. The van der Waals surface area contributed by atoms with Crippen LogP contribution in [0.5, 0.6) is 0 Å². The molecule has 2 unspecified atom stereocenters. The Labute approximate surface area is 125 Å². The van der Waals surface area contributed by atoms with E-state index in [4.69, 9.17) is 0 Å². The number of hydrogen-bond acceptors (Lipinski definition) is 4. The second kappa shape index (κ2) is 6.56. The number of carbonyl (C=O) groups is 1. The lowest BCUT2D eigenvalue weighted by Crippen LogP contribution is -2.43. The lowest BCUT2D eigenvalue weighted by atomic mass is 9.81. The summed E-state index contributed by atoms with van der Waals surface area (Å²) in [6.07, 6.45) is 8.15. The van der Waals surface area contributed by atoms with Gasteiger partial charge in [-0.25, -0.2) is 4.68 Å². The molecule has 1 saturated heterocycles. The molecule has 1 saturated carbocycles. The number of rotatable bonds is 5. The highest BCUT2D eigenvalue weighted by Crippen LogP contribution is 2.30. The highest BCUT2D eigenvalue weighted by Gasteiger charge is 2.22. The molecule has 21 heavy (non-hydrogen) atoms. The van der Waals surface area contributed by atoms with E-state index in [1.54, 1.807) is 10.9 Å². The van der Waals surface area contributed by atoms with Crippen molar-refractivity contribution in [2.45, 2.75) is 45.1 Å². The number of nitrogens with zero attached hydrogens (tertiary/aromatic N) is 3. The number of hydrogen-bond donors (Lipinski definition) is 2. The summed E-state index contributed by atoms with van der Waals surface area (Å²) >= 11 is 0. The Bertz CT molecular complexity index is 482. The third-order valence-corrected chi connectivity index (χ3v) is 4.76. The van der Waals surface area contributed by atoms with Gasteiger partial charge in [0.05, 0.1) is 12.2 Å². The van der Waals surface area contributed by atoms with Gasteiger partial charge in [-0.2, -0.15) is 0 Å². The molecule has 0 spiro atoms. The summed E-state index contributed by atoms with van der Waals surface area (Å²) in [5.74, 6) is 1.51. The molecular weight excluding hydrogens is 266 g/mol. The van der Waals surface area contributed by atoms with E-state index in [9.17, 15) is 4.79 Å². The molecule has 1 aliphatic heterocycles. The third-order valence-electron chi connectivity index (χ3n) is 4.76. The van der Waals surface area contributed by atoms with Crippen LogP contribution in [-0.2, 0) is 0 Å². The number of aromatic nitrogens is 3. The fourth-order valence-electron chi connectivity index (χ4n) is 3.32. The van der Waals surface area contributed by atoms with E-state index in [1.807, 2.05) is 0 Å². The maximum atomic E-state index is 12.1. The van der Waals surface area contributed by atoms with E-state index in [2.05, 4.69) is 27.9 Å². The molecule has 6 nitrogen and oxygen atoms in total. The molecule has 2 N–H and O–H groups in total.